The first-order chi connectivity index (χ1) is 13.8. The lowest BCUT2D eigenvalue weighted by Gasteiger charge is -2.29. The van der Waals surface area contributed by atoms with Crippen LogP contribution in [0.5, 0.6) is 0 Å². The van der Waals surface area contributed by atoms with Crippen molar-refractivity contribution in [1.29, 1.82) is 0 Å². The molecule has 1 amide bonds. The zero-order valence-corrected chi connectivity index (χ0v) is 19.1. The number of sulfone groups is 1. The van der Waals surface area contributed by atoms with Gasteiger partial charge in [-0.25, -0.2) is 8.42 Å². The second kappa shape index (κ2) is 8.39. The van der Waals surface area contributed by atoms with Gasteiger partial charge in [-0.05, 0) is 36.6 Å². The Kier molecular flexibility index (Phi) is 6.04. The van der Waals surface area contributed by atoms with Crippen molar-refractivity contribution in [3.05, 3.63) is 17.5 Å². The van der Waals surface area contributed by atoms with Crippen molar-refractivity contribution >= 4 is 38.8 Å². The van der Waals surface area contributed by atoms with Crippen LogP contribution in [0.25, 0.3) is 10.7 Å². The molecule has 4 rings (SSSR count). The van der Waals surface area contributed by atoms with Crippen molar-refractivity contribution in [1.82, 2.24) is 19.7 Å². The van der Waals surface area contributed by atoms with E-state index in [1.807, 2.05) is 31.4 Å². The molecule has 0 N–H and O–H groups in total. The summed E-state index contributed by atoms with van der Waals surface area (Å²) in [6.07, 6.45) is 2.75. The number of carbonyl (C=O) groups is 1. The predicted molar refractivity (Wildman–Crippen MR) is 116 cm³/mol. The summed E-state index contributed by atoms with van der Waals surface area (Å²) >= 11 is 3.05. The van der Waals surface area contributed by atoms with Crippen LogP contribution in [-0.2, 0) is 14.6 Å². The van der Waals surface area contributed by atoms with Gasteiger partial charge in [0.1, 0.15) is 0 Å². The molecule has 3 heterocycles. The van der Waals surface area contributed by atoms with E-state index in [2.05, 4.69) is 14.8 Å². The first-order valence-corrected chi connectivity index (χ1v) is 13.6. The highest BCUT2D eigenvalue weighted by Crippen LogP contribution is 2.41. The minimum atomic E-state index is -3.03. The summed E-state index contributed by atoms with van der Waals surface area (Å²) in [5, 5.41) is 11.5. The van der Waals surface area contributed by atoms with Gasteiger partial charge in [0.15, 0.2) is 20.8 Å². The molecule has 1 saturated heterocycles. The Balaban J connectivity index is 1.48. The minimum absolute atomic E-state index is 0.0196. The smallest absolute Gasteiger partial charge is 0.233 e. The summed E-state index contributed by atoms with van der Waals surface area (Å²) in [6.45, 7) is 4.68. The quantitative estimate of drug-likeness (QED) is 0.570. The summed E-state index contributed by atoms with van der Waals surface area (Å²) in [7, 11) is -3.03. The van der Waals surface area contributed by atoms with Gasteiger partial charge >= 0.3 is 0 Å². The number of aromatic nitrogens is 3. The zero-order chi connectivity index (χ0) is 20.6. The van der Waals surface area contributed by atoms with Crippen LogP contribution < -0.4 is 0 Å². The van der Waals surface area contributed by atoms with E-state index < -0.39 is 9.84 Å². The Hall–Kier alpha value is -1.39. The van der Waals surface area contributed by atoms with Crippen LogP contribution in [0.2, 0.25) is 0 Å². The lowest BCUT2D eigenvalue weighted by Crippen LogP contribution is -2.44. The molecule has 29 heavy (non-hydrogen) atoms. The molecule has 2 aromatic rings. The molecule has 0 radical (unpaired) electrons. The van der Waals surface area contributed by atoms with Gasteiger partial charge in [0, 0.05) is 18.6 Å². The highest BCUT2D eigenvalue weighted by Gasteiger charge is 2.35. The van der Waals surface area contributed by atoms with Crippen molar-refractivity contribution in [2.45, 2.75) is 50.4 Å². The van der Waals surface area contributed by atoms with Gasteiger partial charge in [0.25, 0.3) is 0 Å². The normalized spacial score (nSPS) is 21.0. The van der Waals surface area contributed by atoms with Gasteiger partial charge in [-0.3, -0.25) is 9.36 Å². The van der Waals surface area contributed by atoms with Crippen LogP contribution in [0, 0.1) is 5.92 Å². The molecule has 158 valence electrons. The van der Waals surface area contributed by atoms with Crippen LogP contribution in [0.4, 0.5) is 0 Å². The van der Waals surface area contributed by atoms with Crippen LogP contribution in [0.3, 0.4) is 0 Å². The van der Waals surface area contributed by atoms with E-state index in [0.29, 0.717) is 19.0 Å². The standard InChI is InChI=1S/C19H26N4O3S3/c1-13(2)10-22(15-7-9-29(25,26)12-15)17(24)11-28-19-21-20-18(16-4-3-8-27-16)23(19)14-5-6-14/h3-4,8,13-15H,5-7,9-12H2,1-2H3/t15-/m1/s1. The van der Waals surface area contributed by atoms with E-state index in [4.69, 9.17) is 0 Å². The Morgan fingerprint density at radius 2 is 2.14 bits per heavy atom. The first-order valence-electron chi connectivity index (χ1n) is 9.95. The molecule has 10 heteroatoms. The number of carbonyl (C=O) groups excluding carboxylic acids is 1. The third-order valence-corrected chi connectivity index (χ3v) is 8.72. The lowest BCUT2D eigenvalue weighted by atomic mass is 10.1. The molecule has 0 spiro atoms. The number of thiophene rings is 1. The lowest BCUT2D eigenvalue weighted by molar-refractivity contribution is -0.130. The molecule has 1 atom stereocenters. The number of hydrogen-bond donors (Lipinski definition) is 0. The summed E-state index contributed by atoms with van der Waals surface area (Å²) in [5.74, 6) is 1.64. The van der Waals surface area contributed by atoms with Gasteiger partial charge in [-0.1, -0.05) is 31.7 Å². The van der Waals surface area contributed by atoms with E-state index in [1.54, 1.807) is 16.2 Å². The second-order valence-electron chi connectivity index (χ2n) is 8.17. The van der Waals surface area contributed by atoms with Gasteiger partial charge in [0.2, 0.25) is 5.91 Å². The Labute approximate surface area is 179 Å². The van der Waals surface area contributed by atoms with Crippen molar-refractivity contribution < 1.29 is 13.2 Å². The van der Waals surface area contributed by atoms with E-state index in [9.17, 15) is 13.2 Å². The van der Waals surface area contributed by atoms with Crippen LogP contribution in [0.15, 0.2) is 22.7 Å². The van der Waals surface area contributed by atoms with E-state index in [-0.39, 0.29) is 35.1 Å². The Morgan fingerprint density at radius 1 is 1.34 bits per heavy atom. The summed E-state index contributed by atoms with van der Waals surface area (Å²) in [4.78, 5) is 15.9. The second-order valence-corrected chi connectivity index (χ2v) is 12.3. The van der Waals surface area contributed by atoms with Crippen molar-refractivity contribution in [2.24, 2.45) is 5.92 Å². The molecule has 2 fully saturated rings. The summed E-state index contributed by atoms with van der Waals surface area (Å²) in [5.41, 5.74) is 0. The largest absolute Gasteiger partial charge is 0.338 e. The highest BCUT2D eigenvalue weighted by atomic mass is 32.2. The van der Waals surface area contributed by atoms with Gasteiger partial charge < -0.3 is 4.90 Å². The number of hydrogen-bond acceptors (Lipinski definition) is 7. The molecule has 0 bridgehead atoms. The average Bonchev–Trinajstić information content (AvgIpc) is 3.07. The fraction of sp³-hybridized carbons (Fsp3) is 0.632. The predicted octanol–water partition coefficient (Wildman–Crippen LogP) is 3.11. The number of rotatable bonds is 8. The van der Waals surface area contributed by atoms with E-state index in [1.165, 1.54) is 11.8 Å². The maximum absolute atomic E-state index is 13.0. The molecular weight excluding hydrogens is 428 g/mol. The Bertz CT molecular complexity index is 965. The molecule has 2 aromatic heterocycles. The SMILES string of the molecule is CC(C)CN(C(=O)CSc1nnc(-c2cccs2)n1C1CC1)[C@@H]1CCS(=O)(=O)C1. The average molecular weight is 455 g/mol. The maximum atomic E-state index is 13.0. The molecule has 1 aliphatic carbocycles. The summed E-state index contributed by atoms with van der Waals surface area (Å²) in [6, 6.07) is 4.24. The Morgan fingerprint density at radius 3 is 2.72 bits per heavy atom. The van der Waals surface area contributed by atoms with Crippen LogP contribution >= 0.6 is 23.1 Å². The molecule has 7 nitrogen and oxygen atoms in total. The number of amides is 1. The topological polar surface area (TPSA) is 85.2 Å². The minimum Gasteiger partial charge on any atom is -0.338 e. The van der Waals surface area contributed by atoms with E-state index >= 15 is 0 Å². The van der Waals surface area contributed by atoms with Crippen molar-refractivity contribution in [3.8, 4) is 10.7 Å². The third-order valence-electron chi connectivity index (χ3n) is 5.17. The first kappa shape index (κ1) is 20.9. The fourth-order valence-electron chi connectivity index (χ4n) is 3.69. The van der Waals surface area contributed by atoms with Crippen LogP contribution in [-0.4, -0.2) is 63.8 Å². The van der Waals surface area contributed by atoms with Crippen molar-refractivity contribution in [3.63, 3.8) is 0 Å². The molecule has 1 saturated carbocycles. The van der Waals surface area contributed by atoms with E-state index in [0.717, 1.165) is 28.7 Å². The molecule has 2 aliphatic rings. The monoisotopic (exact) mass is 454 g/mol. The van der Waals surface area contributed by atoms with Crippen molar-refractivity contribution in [2.75, 3.05) is 23.8 Å². The van der Waals surface area contributed by atoms with Crippen LogP contribution in [0.1, 0.15) is 39.2 Å². The maximum Gasteiger partial charge on any atom is 0.233 e. The zero-order valence-electron chi connectivity index (χ0n) is 16.7. The molecule has 0 unspecified atom stereocenters. The fourth-order valence-corrected chi connectivity index (χ4v) is 7.02. The molecular formula is C19H26N4O3S3. The van der Waals surface area contributed by atoms with Gasteiger partial charge in [-0.15, -0.1) is 21.5 Å². The van der Waals surface area contributed by atoms with Gasteiger partial charge in [-0.2, -0.15) is 0 Å². The summed E-state index contributed by atoms with van der Waals surface area (Å²) < 4.78 is 26.0. The highest BCUT2D eigenvalue weighted by molar-refractivity contribution is 7.99. The van der Waals surface area contributed by atoms with Gasteiger partial charge in [0.05, 0.1) is 22.1 Å². The molecule has 0 aromatic carbocycles. The molecule has 1 aliphatic heterocycles. The number of nitrogens with zero attached hydrogens (tertiary/aromatic N) is 4. The third kappa shape index (κ3) is 4.86. The number of thioether (sulfide) groups is 1.